The summed E-state index contributed by atoms with van der Waals surface area (Å²) in [6.45, 7) is 20.8. The van der Waals surface area contributed by atoms with Gasteiger partial charge in [-0.1, -0.05) is 24.3 Å². The van der Waals surface area contributed by atoms with E-state index in [2.05, 4.69) is 40.7 Å². The van der Waals surface area contributed by atoms with E-state index in [0.29, 0.717) is 64.9 Å². The van der Waals surface area contributed by atoms with E-state index >= 15 is 0 Å². The summed E-state index contributed by atoms with van der Waals surface area (Å²) in [5.74, 6) is 0.501. The number of thiophene rings is 2. The molecule has 2 aromatic carbocycles. The summed E-state index contributed by atoms with van der Waals surface area (Å²) in [6, 6.07) is 16.6. The molecule has 0 bridgehead atoms. The number of nitrogens with zero attached hydrogens (tertiary/aromatic N) is 10. The SMILES string of the molecule is Cc1ccsc1-c1nnc(-c2nc(-c3ccc(S(=O)(=O)C4CCCN(C(=O)OC(C)(C)C)C4)cc3)cnc2N(C(=O)OC(C)(C)C)C(=O)OC(C)(C)C)o1.Cc1ccsc1-c1nnc(-c2nc(-c3ccc(S(=O)(=O)C4CCCNC4)cc3)cnc2N)o1. The first-order chi connectivity index (χ1) is 41.0. The van der Waals surface area contributed by atoms with Crippen LogP contribution in [0.2, 0.25) is 0 Å². The van der Waals surface area contributed by atoms with Crippen LogP contribution in [0.15, 0.2) is 102 Å². The van der Waals surface area contributed by atoms with Gasteiger partial charge in [-0.2, -0.15) is 4.90 Å². The number of aromatic nitrogens is 8. The highest BCUT2D eigenvalue weighted by Gasteiger charge is 2.39. The molecule has 8 heterocycles. The summed E-state index contributed by atoms with van der Waals surface area (Å²) in [5, 5.41) is 22.4. The van der Waals surface area contributed by atoms with Gasteiger partial charge < -0.3 is 39.0 Å². The third kappa shape index (κ3) is 15.0. The number of benzene rings is 2. The van der Waals surface area contributed by atoms with Crippen molar-refractivity contribution in [2.24, 2.45) is 0 Å². The van der Waals surface area contributed by atoms with Crippen LogP contribution in [-0.2, 0) is 33.9 Å². The summed E-state index contributed by atoms with van der Waals surface area (Å²) in [4.78, 5) is 62.0. The monoisotopic (exact) mass is 1260 g/mol. The number of nitrogens with two attached hydrogens (primary N) is 1. The van der Waals surface area contributed by atoms with Crippen molar-refractivity contribution in [2.45, 2.75) is 139 Å². The minimum atomic E-state index is -3.84. The van der Waals surface area contributed by atoms with Crippen LogP contribution >= 0.6 is 22.7 Å². The van der Waals surface area contributed by atoms with Crippen molar-refractivity contribution in [3.8, 4) is 67.2 Å². The number of anilines is 2. The molecular formula is C59H68N12O12S4. The molecule has 3 N–H and O–H groups in total. The highest BCUT2D eigenvalue weighted by Crippen LogP contribution is 2.37. The largest absolute Gasteiger partial charge is 0.444 e. The number of ether oxygens (including phenoxy) is 3. The lowest BCUT2D eigenvalue weighted by Gasteiger charge is -2.33. The zero-order valence-corrected chi connectivity index (χ0v) is 53.2. The topological polar surface area (TPSA) is 321 Å². The van der Waals surface area contributed by atoms with Gasteiger partial charge in [0.15, 0.2) is 42.7 Å². The Hall–Kier alpha value is -8.05. The van der Waals surface area contributed by atoms with Gasteiger partial charge in [-0.25, -0.2) is 51.2 Å². The van der Waals surface area contributed by atoms with E-state index < -0.39 is 65.3 Å². The molecule has 460 valence electrons. The second-order valence-corrected chi connectivity index (χ2v) is 30.0. The summed E-state index contributed by atoms with van der Waals surface area (Å²) < 4.78 is 81.9. The maximum absolute atomic E-state index is 13.8. The van der Waals surface area contributed by atoms with Crippen molar-refractivity contribution in [3.63, 3.8) is 0 Å². The maximum Gasteiger partial charge on any atom is 0.425 e. The molecule has 2 aliphatic heterocycles. The molecule has 10 rings (SSSR count). The molecule has 24 nitrogen and oxygen atoms in total. The molecule has 2 unspecified atom stereocenters. The third-order valence-electron chi connectivity index (χ3n) is 13.4. The van der Waals surface area contributed by atoms with Crippen LogP contribution in [-0.4, -0.2) is 134 Å². The minimum absolute atomic E-state index is 0.0122. The number of nitrogens with one attached hydrogen (secondary N) is 1. The van der Waals surface area contributed by atoms with Crippen LogP contribution in [0.4, 0.5) is 26.0 Å². The zero-order chi connectivity index (χ0) is 62.8. The smallest absolute Gasteiger partial charge is 0.425 e. The molecule has 8 aromatic rings. The van der Waals surface area contributed by atoms with Crippen LogP contribution in [0.25, 0.3) is 67.2 Å². The number of amides is 3. The van der Waals surface area contributed by atoms with Crippen LogP contribution in [0.3, 0.4) is 0 Å². The predicted octanol–water partition coefficient (Wildman–Crippen LogP) is 11.4. The number of nitrogen functional groups attached to an aromatic ring is 1. The zero-order valence-electron chi connectivity index (χ0n) is 50.0. The number of aryl methyl sites for hydroxylation is 2. The molecule has 2 fully saturated rings. The van der Waals surface area contributed by atoms with Crippen molar-refractivity contribution in [3.05, 3.63) is 94.9 Å². The number of carbonyl (C=O) groups excluding carboxylic acids is 3. The van der Waals surface area contributed by atoms with E-state index in [1.165, 1.54) is 52.1 Å². The van der Waals surface area contributed by atoms with Gasteiger partial charge in [0, 0.05) is 30.8 Å². The van der Waals surface area contributed by atoms with Crippen molar-refractivity contribution in [2.75, 3.05) is 36.8 Å². The first kappa shape index (κ1) is 63.5. The van der Waals surface area contributed by atoms with Crippen LogP contribution < -0.4 is 16.0 Å². The lowest BCUT2D eigenvalue weighted by molar-refractivity contribution is 0.0217. The molecule has 0 saturated carbocycles. The first-order valence-corrected chi connectivity index (χ1v) is 32.7. The van der Waals surface area contributed by atoms with Gasteiger partial charge in [-0.05, 0) is 167 Å². The highest BCUT2D eigenvalue weighted by atomic mass is 32.2. The molecule has 2 saturated heterocycles. The van der Waals surface area contributed by atoms with Gasteiger partial charge in [0.25, 0.3) is 23.6 Å². The molecule has 0 spiro atoms. The van der Waals surface area contributed by atoms with Crippen molar-refractivity contribution >= 4 is 72.3 Å². The Morgan fingerprint density at radius 3 is 1.55 bits per heavy atom. The molecule has 0 radical (unpaired) electrons. The van der Waals surface area contributed by atoms with Crippen LogP contribution in [0.1, 0.15) is 99.1 Å². The summed E-state index contributed by atoms with van der Waals surface area (Å²) in [6.07, 6.45) is 2.59. The number of hydrogen-bond donors (Lipinski definition) is 2. The van der Waals surface area contributed by atoms with E-state index in [1.807, 2.05) is 36.7 Å². The lowest BCUT2D eigenvalue weighted by Crippen LogP contribution is -2.47. The number of carbonyl (C=O) groups is 3. The van der Waals surface area contributed by atoms with Gasteiger partial charge in [-0.3, -0.25) is 0 Å². The van der Waals surface area contributed by atoms with E-state index in [0.717, 1.165) is 33.8 Å². The third-order valence-corrected chi connectivity index (χ3v) is 19.8. The standard InChI is InChI=1S/C37H46N6O9S2.C22H22N6O3S2/c1-22-17-19-53-28(22)31-41-40-30(49-31)27-29(43(33(45)51-36(5,6)7)34(46)52-37(8,9)10)38-20-26(39-27)23-13-15-24(16-14-23)54(47,48)25-12-11-18-42(21-25)32(44)50-35(2,3)4;1-13-8-10-32-19(13)22-28-27-21(31-22)18-20(23)25-12-17(26-18)14-4-6-15(7-5-14)33(29,30)16-3-2-9-24-11-16/h13-17,19-20,25H,11-12,18,21H2,1-10H3;4-8,10,12,16,24H,2-3,9,11H2,1H3,(H2,23,25). The second-order valence-electron chi connectivity index (χ2n) is 23.7. The van der Waals surface area contributed by atoms with Gasteiger partial charge >= 0.3 is 18.3 Å². The maximum atomic E-state index is 13.8. The van der Waals surface area contributed by atoms with E-state index in [-0.39, 0.29) is 57.8 Å². The van der Waals surface area contributed by atoms with Crippen LogP contribution in [0, 0.1) is 13.8 Å². The molecule has 0 aliphatic carbocycles. The quantitative estimate of drug-likeness (QED) is 0.114. The highest BCUT2D eigenvalue weighted by molar-refractivity contribution is 7.92. The minimum Gasteiger partial charge on any atom is -0.444 e. The fourth-order valence-corrected chi connectivity index (χ4v) is 14.3. The average molecular weight is 1270 g/mol. The van der Waals surface area contributed by atoms with Gasteiger partial charge in [0.2, 0.25) is 0 Å². The van der Waals surface area contributed by atoms with Crippen molar-refractivity contribution in [1.29, 1.82) is 0 Å². The number of rotatable bonds is 11. The molecule has 28 heteroatoms. The normalized spacial score (nSPS) is 15.9. The average Bonchev–Trinajstić information content (AvgIpc) is 2.63. The summed E-state index contributed by atoms with van der Waals surface area (Å²) >= 11 is 2.91. The molecule has 87 heavy (non-hydrogen) atoms. The fourth-order valence-electron chi connectivity index (χ4n) is 9.18. The van der Waals surface area contributed by atoms with E-state index in [9.17, 15) is 31.2 Å². The van der Waals surface area contributed by atoms with Gasteiger partial charge in [0.1, 0.15) is 16.8 Å². The fraction of sp³-hybridized carbons (Fsp3) is 0.407. The number of likely N-dealkylation sites (tertiary alicyclic amines) is 1. The van der Waals surface area contributed by atoms with Crippen LogP contribution in [0.5, 0.6) is 0 Å². The lowest BCUT2D eigenvalue weighted by atomic mass is 10.1. The Balaban J connectivity index is 0.000000232. The Bertz CT molecular complexity index is 4000. The number of hydrogen-bond acceptors (Lipinski definition) is 24. The number of piperidine rings is 2. The molecule has 2 aliphatic rings. The Kier molecular flexibility index (Phi) is 18.5. The summed E-state index contributed by atoms with van der Waals surface area (Å²) in [5.41, 5.74) is 7.38. The van der Waals surface area contributed by atoms with E-state index in [1.54, 1.807) is 98.7 Å². The molecule has 2 atom stereocenters. The Morgan fingerprint density at radius 2 is 1.08 bits per heavy atom. The van der Waals surface area contributed by atoms with E-state index in [4.69, 9.17) is 33.8 Å². The second kappa shape index (κ2) is 25.3. The number of imide groups is 1. The predicted molar refractivity (Wildman–Crippen MR) is 328 cm³/mol. The van der Waals surface area contributed by atoms with Crippen molar-refractivity contribution in [1.82, 2.24) is 50.5 Å². The molecule has 3 amide bonds. The van der Waals surface area contributed by atoms with Crippen molar-refractivity contribution < 1.29 is 54.3 Å². The Morgan fingerprint density at radius 1 is 0.621 bits per heavy atom. The summed E-state index contributed by atoms with van der Waals surface area (Å²) in [7, 11) is -7.23. The number of sulfone groups is 2. The van der Waals surface area contributed by atoms with Gasteiger partial charge in [-0.15, -0.1) is 43.1 Å². The molecular weight excluding hydrogens is 1200 g/mol. The molecule has 6 aromatic heterocycles. The van der Waals surface area contributed by atoms with Gasteiger partial charge in [0.05, 0.1) is 53.8 Å². The Labute approximate surface area is 512 Å². The first-order valence-electron chi connectivity index (χ1n) is 27.9.